The van der Waals surface area contributed by atoms with Crippen LogP contribution in [0, 0.1) is 0 Å². The summed E-state index contributed by atoms with van der Waals surface area (Å²) in [5.41, 5.74) is 2.00. The summed E-state index contributed by atoms with van der Waals surface area (Å²) in [4.78, 5) is 11.1. The van der Waals surface area contributed by atoms with E-state index in [0.29, 0.717) is 0 Å². The number of rotatable bonds is 4. The maximum atomic E-state index is 5.23. The molecule has 0 aliphatic heterocycles. The smallest absolute Gasteiger partial charge is 0.186 e. The van der Waals surface area contributed by atoms with Crippen LogP contribution in [0.15, 0.2) is 42.6 Å². The number of hydrogen-bond donors (Lipinski definition) is 0. The van der Waals surface area contributed by atoms with Crippen molar-refractivity contribution in [2.45, 2.75) is 6.54 Å². The highest BCUT2D eigenvalue weighted by atomic mass is 32.1. The van der Waals surface area contributed by atoms with E-state index in [-0.39, 0.29) is 0 Å². The van der Waals surface area contributed by atoms with Crippen LogP contribution in [-0.4, -0.2) is 24.1 Å². The van der Waals surface area contributed by atoms with Gasteiger partial charge in [0.1, 0.15) is 5.75 Å². The van der Waals surface area contributed by atoms with Gasteiger partial charge in [0, 0.05) is 19.3 Å². The number of hydrogen-bond acceptors (Lipinski definition) is 5. The molecule has 0 saturated carbocycles. The van der Waals surface area contributed by atoms with Crippen LogP contribution in [-0.2, 0) is 6.54 Å². The molecule has 0 atom stereocenters. The van der Waals surface area contributed by atoms with Gasteiger partial charge in [0.25, 0.3) is 0 Å². The zero-order valence-electron chi connectivity index (χ0n) is 11.4. The van der Waals surface area contributed by atoms with Crippen molar-refractivity contribution in [2.75, 3.05) is 19.1 Å². The number of methoxy groups -OCH3 is 1. The fourth-order valence-corrected chi connectivity index (χ4v) is 2.89. The molecule has 0 aliphatic rings. The Morgan fingerprint density at radius 3 is 2.90 bits per heavy atom. The molecule has 2 heterocycles. The molecule has 3 rings (SSSR count). The van der Waals surface area contributed by atoms with Crippen molar-refractivity contribution in [1.82, 2.24) is 9.97 Å². The Balaban J connectivity index is 1.86. The first-order valence-electron chi connectivity index (χ1n) is 6.32. The van der Waals surface area contributed by atoms with Gasteiger partial charge in [-0.25, -0.2) is 4.98 Å². The van der Waals surface area contributed by atoms with Gasteiger partial charge < -0.3 is 9.64 Å². The van der Waals surface area contributed by atoms with Gasteiger partial charge >= 0.3 is 0 Å². The van der Waals surface area contributed by atoms with Crippen LogP contribution in [0.3, 0.4) is 0 Å². The van der Waals surface area contributed by atoms with Gasteiger partial charge in [-0.3, -0.25) is 4.98 Å². The number of benzene rings is 1. The largest absolute Gasteiger partial charge is 0.497 e. The molecule has 0 unspecified atom stereocenters. The third-order valence-electron chi connectivity index (χ3n) is 3.04. The highest BCUT2D eigenvalue weighted by Crippen LogP contribution is 2.30. The molecular formula is C15H15N3OS. The molecule has 0 bridgehead atoms. The SMILES string of the molecule is COc1ccc2sc(N(C)Cc3ccccn3)nc2c1. The van der Waals surface area contributed by atoms with Crippen LogP contribution in [0.4, 0.5) is 5.13 Å². The summed E-state index contributed by atoms with van der Waals surface area (Å²) < 4.78 is 6.39. The van der Waals surface area contributed by atoms with Crippen LogP contribution in [0.5, 0.6) is 5.75 Å². The zero-order valence-corrected chi connectivity index (χ0v) is 12.2. The fraction of sp³-hybridized carbons (Fsp3) is 0.200. The molecular weight excluding hydrogens is 270 g/mol. The van der Waals surface area contributed by atoms with Crippen molar-refractivity contribution in [2.24, 2.45) is 0 Å². The van der Waals surface area contributed by atoms with E-state index in [4.69, 9.17) is 4.74 Å². The van der Waals surface area contributed by atoms with Gasteiger partial charge in [-0.1, -0.05) is 17.4 Å². The summed E-state index contributed by atoms with van der Waals surface area (Å²) in [7, 11) is 3.70. The molecule has 5 heteroatoms. The average molecular weight is 285 g/mol. The summed E-state index contributed by atoms with van der Waals surface area (Å²) in [6, 6.07) is 11.9. The first-order chi connectivity index (χ1) is 9.76. The number of nitrogens with zero attached hydrogens (tertiary/aromatic N) is 3. The molecule has 0 radical (unpaired) electrons. The van der Waals surface area contributed by atoms with E-state index in [9.17, 15) is 0 Å². The second-order valence-electron chi connectivity index (χ2n) is 4.51. The molecule has 20 heavy (non-hydrogen) atoms. The number of anilines is 1. The van der Waals surface area contributed by atoms with E-state index in [2.05, 4.69) is 14.9 Å². The first-order valence-corrected chi connectivity index (χ1v) is 7.13. The molecule has 0 fully saturated rings. The number of ether oxygens (including phenoxy) is 1. The summed E-state index contributed by atoms with van der Waals surface area (Å²) >= 11 is 1.68. The third kappa shape index (κ3) is 2.58. The lowest BCUT2D eigenvalue weighted by atomic mass is 10.3. The molecule has 4 nitrogen and oxygen atoms in total. The van der Waals surface area contributed by atoms with E-state index < -0.39 is 0 Å². The van der Waals surface area contributed by atoms with Crippen molar-refractivity contribution in [3.05, 3.63) is 48.3 Å². The lowest BCUT2D eigenvalue weighted by molar-refractivity contribution is 0.415. The molecule has 2 aromatic heterocycles. The van der Waals surface area contributed by atoms with Gasteiger partial charge in [-0.15, -0.1) is 0 Å². The monoisotopic (exact) mass is 285 g/mol. The Morgan fingerprint density at radius 1 is 1.25 bits per heavy atom. The summed E-state index contributed by atoms with van der Waals surface area (Å²) in [6.45, 7) is 0.748. The Hall–Kier alpha value is -2.14. The van der Waals surface area contributed by atoms with Crippen molar-refractivity contribution in [3.63, 3.8) is 0 Å². The number of aromatic nitrogens is 2. The standard InChI is InChI=1S/C15H15N3OS/c1-18(10-11-5-3-4-8-16-11)15-17-13-9-12(19-2)6-7-14(13)20-15/h3-9H,10H2,1-2H3. The van der Waals surface area contributed by atoms with Crippen LogP contribution < -0.4 is 9.64 Å². The molecule has 3 aromatic rings. The summed E-state index contributed by atoms with van der Waals surface area (Å²) in [5, 5.41) is 0.985. The Kier molecular flexibility index (Phi) is 3.52. The molecule has 0 saturated heterocycles. The summed E-state index contributed by atoms with van der Waals surface area (Å²) in [6.07, 6.45) is 1.81. The third-order valence-corrected chi connectivity index (χ3v) is 4.19. The van der Waals surface area contributed by atoms with Gasteiger partial charge in [-0.2, -0.15) is 0 Å². The zero-order chi connectivity index (χ0) is 13.9. The van der Waals surface area contributed by atoms with Crippen molar-refractivity contribution in [3.8, 4) is 5.75 Å². The topological polar surface area (TPSA) is 38.2 Å². The van der Waals surface area contributed by atoms with E-state index in [0.717, 1.165) is 33.3 Å². The van der Waals surface area contributed by atoms with Crippen molar-refractivity contribution < 1.29 is 4.74 Å². The predicted octanol–water partition coefficient (Wildman–Crippen LogP) is 3.34. The highest BCUT2D eigenvalue weighted by molar-refractivity contribution is 7.22. The van der Waals surface area contributed by atoms with E-state index in [1.807, 2.05) is 49.6 Å². The molecule has 0 aliphatic carbocycles. The normalized spacial score (nSPS) is 10.7. The molecule has 0 N–H and O–H groups in total. The van der Waals surface area contributed by atoms with Crippen LogP contribution >= 0.6 is 11.3 Å². The van der Waals surface area contributed by atoms with Gasteiger partial charge in [0.15, 0.2) is 5.13 Å². The maximum Gasteiger partial charge on any atom is 0.186 e. The minimum Gasteiger partial charge on any atom is -0.497 e. The Morgan fingerprint density at radius 2 is 2.15 bits per heavy atom. The van der Waals surface area contributed by atoms with E-state index >= 15 is 0 Å². The van der Waals surface area contributed by atoms with E-state index in [1.54, 1.807) is 18.4 Å². The highest BCUT2D eigenvalue weighted by Gasteiger charge is 2.10. The molecule has 102 valence electrons. The van der Waals surface area contributed by atoms with Crippen molar-refractivity contribution >= 4 is 26.7 Å². The number of pyridine rings is 1. The minimum absolute atomic E-state index is 0.748. The van der Waals surface area contributed by atoms with Gasteiger partial charge in [0.05, 0.1) is 29.6 Å². The maximum absolute atomic E-state index is 5.23. The van der Waals surface area contributed by atoms with Crippen LogP contribution in [0.25, 0.3) is 10.2 Å². The predicted molar refractivity (Wildman–Crippen MR) is 82.5 cm³/mol. The molecule has 0 amide bonds. The van der Waals surface area contributed by atoms with E-state index in [1.165, 1.54) is 0 Å². The van der Waals surface area contributed by atoms with Crippen LogP contribution in [0.2, 0.25) is 0 Å². The lowest BCUT2D eigenvalue weighted by Crippen LogP contribution is -2.16. The molecule has 0 spiro atoms. The van der Waals surface area contributed by atoms with Gasteiger partial charge in [-0.05, 0) is 24.3 Å². The minimum atomic E-state index is 0.748. The quantitative estimate of drug-likeness (QED) is 0.737. The number of fused-ring (bicyclic) bond motifs is 1. The van der Waals surface area contributed by atoms with Gasteiger partial charge in [0.2, 0.25) is 0 Å². The van der Waals surface area contributed by atoms with Crippen molar-refractivity contribution in [1.29, 1.82) is 0 Å². The molecule has 1 aromatic carbocycles. The number of thiazole rings is 1. The summed E-state index contributed by atoms with van der Waals surface area (Å²) in [5.74, 6) is 0.835. The fourth-order valence-electron chi connectivity index (χ4n) is 1.99. The average Bonchev–Trinajstić information content (AvgIpc) is 2.91. The first kappa shape index (κ1) is 12.9. The Labute approximate surface area is 121 Å². The Bertz CT molecular complexity index is 711. The second-order valence-corrected chi connectivity index (χ2v) is 5.52. The van der Waals surface area contributed by atoms with Crippen LogP contribution in [0.1, 0.15) is 5.69 Å². The lowest BCUT2D eigenvalue weighted by Gasteiger charge is -2.14. The second kappa shape index (κ2) is 5.46.